The van der Waals surface area contributed by atoms with E-state index in [0.717, 1.165) is 40.7 Å². The third-order valence-corrected chi connectivity index (χ3v) is 7.82. The summed E-state index contributed by atoms with van der Waals surface area (Å²) in [7, 11) is -3.79. The zero-order chi connectivity index (χ0) is 25.6. The van der Waals surface area contributed by atoms with Gasteiger partial charge in [-0.3, -0.25) is 13.9 Å². The Kier molecular flexibility index (Phi) is 9.29. The summed E-state index contributed by atoms with van der Waals surface area (Å²) in [5.41, 5.74) is 0.982. The number of nitrogens with one attached hydrogen (secondary N) is 1. The van der Waals surface area contributed by atoms with Crippen LogP contribution in [0.2, 0.25) is 0 Å². The Labute approximate surface area is 214 Å². The fourth-order valence-electron chi connectivity index (χ4n) is 4.29. The number of hydrogen-bond donors (Lipinski definition) is 1. The highest BCUT2D eigenvalue weighted by atomic mass is 79.9. The molecule has 2 aromatic rings. The van der Waals surface area contributed by atoms with Crippen molar-refractivity contribution in [3.05, 3.63) is 64.4 Å². The summed E-state index contributed by atoms with van der Waals surface area (Å²) < 4.78 is 40.5. The maximum Gasteiger partial charge on any atom is 0.244 e. The first kappa shape index (κ1) is 27.1. The van der Waals surface area contributed by atoms with Crippen molar-refractivity contribution in [2.75, 3.05) is 17.1 Å². The van der Waals surface area contributed by atoms with Gasteiger partial charge in [0, 0.05) is 17.1 Å². The fourth-order valence-corrected chi connectivity index (χ4v) is 5.41. The van der Waals surface area contributed by atoms with Crippen LogP contribution in [0, 0.1) is 5.82 Å². The van der Waals surface area contributed by atoms with Gasteiger partial charge in [-0.15, -0.1) is 0 Å². The molecule has 2 aromatic carbocycles. The Morgan fingerprint density at radius 1 is 1.09 bits per heavy atom. The van der Waals surface area contributed by atoms with Crippen LogP contribution in [0.1, 0.15) is 44.6 Å². The molecule has 0 aliphatic heterocycles. The molecule has 1 aliphatic carbocycles. The van der Waals surface area contributed by atoms with Gasteiger partial charge in [0.2, 0.25) is 21.8 Å². The average Bonchev–Trinajstić information content (AvgIpc) is 3.31. The minimum Gasteiger partial charge on any atom is -0.352 e. The van der Waals surface area contributed by atoms with Crippen LogP contribution in [0.5, 0.6) is 0 Å². The lowest BCUT2D eigenvalue weighted by atomic mass is 10.1. The number of carbonyl (C=O) groups is 2. The van der Waals surface area contributed by atoms with Gasteiger partial charge in [0.25, 0.3) is 0 Å². The van der Waals surface area contributed by atoms with E-state index in [2.05, 4.69) is 21.2 Å². The van der Waals surface area contributed by atoms with Gasteiger partial charge in [-0.05, 0) is 61.2 Å². The van der Waals surface area contributed by atoms with Crippen LogP contribution in [0.3, 0.4) is 0 Å². The van der Waals surface area contributed by atoms with Gasteiger partial charge < -0.3 is 10.2 Å². The number of rotatable bonds is 10. The molecule has 7 nitrogen and oxygen atoms in total. The van der Waals surface area contributed by atoms with Crippen LogP contribution in [-0.2, 0) is 26.2 Å². The van der Waals surface area contributed by atoms with E-state index in [4.69, 9.17) is 0 Å². The largest absolute Gasteiger partial charge is 0.352 e. The number of sulfonamides is 1. The van der Waals surface area contributed by atoms with Crippen molar-refractivity contribution in [1.82, 2.24) is 10.2 Å². The molecule has 0 heterocycles. The molecule has 1 fully saturated rings. The fraction of sp³-hybridized carbons (Fsp3) is 0.440. The summed E-state index contributed by atoms with van der Waals surface area (Å²) >= 11 is 3.33. The molecule has 190 valence electrons. The highest BCUT2D eigenvalue weighted by molar-refractivity contribution is 9.10. The van der Waals surface area contributed by atoms with Crippen LogP contribution in [-0.4, -0.2) is 50.0 Å². The third kappa shape index (κ3) is 7.51. The molecule has 0 saturated heterocycles. The molecule has 1 saturated carbocycles. The van der Waals surface area contributed by atoms with Gasteiger partial charge in [0.1, 0.15) is 18.4 Å². The maximum atomic E-state index is 13.6. The SMILES string of the molecule is CC[C@H](C(=O)NC1CCCC1)N(Cc1ccc(F)cc1)C(=O)CN(c1ccc(Br)cc1)S(C)(=O)=O. The molecule has 1 N–H and O–H groups in total. The molecule has 35 heavy (non-hydrogen) atoms. The van der Waals surface area contributed by atoms with E-state index in [1.807, 2.05) is 6.92 Å². The van der Waals surface area contributed by atoms with E-state index in [-0.39, 0.29) is 18.5 Å². The predicted molar refractivity (Wildman–Crippen MR) is 138 cm³/mol. The van der Waals surface area contributed by atoms with E-state index in [1.165, 1.54) is 17.0 Å². The van der Waals surface area contributed by atoms with E-state index >= 15 is 0 Å². The summed E-state index contributed by atoms with van der Waals surface area (Å²) in [5.74, 6) is -1.18. The Hall–Kier alpha value is -2.46. The van der Waals surface area contributed by atoms with Gasteiger partial charge in [0.05, 0.1) is 11.9 Å². The lowest BCUT2D eigenvalue weighted by Crippen LogP contribution is -2.53. The van der Waals surface area contributed by atoms with Gasteiger partial charge in [0.15, 0.2) is 0 Å². The number of hydrogen-bond acceptors (Lipinski definition) is 4. The molecular weight excluding hydrogens is 537 g/mol. The van der Waals surface area contributed by atoms with Crippen LogP contribution in [0.15, 0.2) is 53.0 Å². The molecular formula is C25H31BrFN3O4S. The van der Waals surface area contributed by atoms with Gasteiger partial charge in [-0.2, -0.15) is 0 Å². The minimum absolute atomic E-state index is 0.0493. The number of anilines is 1. The van der Waals surface area contributed by atoms with Gasteiger partial charge in [-0.1, -0.05) is 47.8 Å². The predicted octanol–water partition coefficient (Wildman–Crippen LogP) is 4.22. The number of nitrogens with zero attached hydrogens (tertiary/aromatic N) is 2. The first-order valence-electron chi connectivity index (χ1n) is 11.7. The van der Waals surface area contributed by atoms with Crippen molar-refractivity contribution in [1.29, 1.82) is 0 Å². The summed E-state index contributed by atoms with van der Waals surface area (Å²) in [4.78, 5) is 28.2. The van der Waals surface area contributed by atoms with Crippen LogP contribution < -0.4 is 9.62 Å². The highest BCUT2D eigenvalue weighted by Crippen LogP contribution is 2.23. The maximum absolute atomic E-state index is 13.6. The van der Waals surface area contributed by atoms with Gasteiger partial charge >= 0.3 is 0 Å². The molecule has 10 heteroatoms. The van der Waals surface area contributed by atoms with E-state index in [0.29, 0.717) is 17.7 Å². The monoisotopic (exact) mass is 567 g/mol. The molecule has 1 aliphatic rings. The average molecular weight is 569 g/mol. The highest BCUT2D eigenvalue weighted by Gasteiger charge is 2.33. The second kappa shape index (κ2) is 12.0. The number of benzene rings is 2. The second-order valence-corrected chi connectivity index (χ2v) is 11.6. The zero-order valence-electron chi connectivity index (χ0n) is 19.9. The summed E-state index contributed by atoms with van der Waals surface area (Å²) in [6, 6.07) is 11.6. The lowest BCUT2D eigenvalue weighted by molar-refractivity contribution is -0.140. The van der Waals surface area contributed by atoms with E-state index in [1.54, 1.807) is 36.4 Å². The second-order valence-electron chi connectivity index (χ2n) is 8.81. The van der Waals surface area contributed by atoms with Gasteiger partial charge in [-0.25, -0.2) is 12.8 Å². The zero-order valence-corrected chi connectivity index (χ0v) is 22.3. The molecule has 0 radical (unpaired) electrons. The number of halogens is 2. The number of amides is 2. The van der Waals surface area contributed by atoms with E-state index in [9.17, 15) is 22.4 Å². The lowest BCUT2D eigenvalue weighted by Gasteiger charge is -2.33. The standard InChI is InChI=1S/C25H31BrFN3O4S/c1-3-23(25(32)28-21-6-4-5-7-21)29(16-18-8-12-20(27)13-9-18)24(31)17-30(35(2,33)34)22-14-10-19(26)11-15-22/h8-15,21,23H,3-7,16-17H2,1-2H3,(H,28,32)/t23-/m1/s1. The van der Waals surface area contributed by atoms with Crippen LogP contribution in [0.25, 0.3) is 0 Å². The number of carbonyl (C=O) groups excluding carboxylic acids is 2. The normalized spacial score (nSPS) is 15.0. The Morgan fingerprint density at radius 2 is 1.69 bits per heavy atom. The Morgan fingerprint density at radius 3 is 2.23 bits per heavy atom. The molecule has 0 unspecified atom stereocenters. The van der Waals surface area contributed by atoms with Crippen molar-refractivity contribution in [3.63, 3.8) is 0 Å². The topological polar surface area (TPSA) is 86.8 Å². The van der Waals surface area contributed by atoms with Crippen molar-refractivity contribution in [3.8, 4) is 0 Å². The summed E-state index contributed by atoms with van der Waals surface area (Å²) in [5, 5.41) is 3.05. The smallest absolute Gasteiger partial charge is 0.244 e. The summed E-state index contributed by atoms with van der Waals surface area (Å²) in [6.45, 7) is 1.40. The first-order chi connectivity index (χ1) is 16.6. The first-order valence-corrected chi connectivity index (χ1v) is 14.3. The van der Waals surface area contributed by atoms with Crippen molar-refractivity contribution in [2.45, 2.75) is 57.7 Å². The molecule has 0 spiro atoms. The minimum atomic E-state index is -3.79. The van der Waals surface area contributed by atoms with Crippen LogP contribution >= 0.6 is 15.9 Å². The van der Waals surface area contributed by atoms with Crippen molar-refractivity contribution < 1.29 is 22.4 Å². The molecule has 1 atom stereocenters. The van der Waals surface area contributed by atoms with Crippen LogP contribution in [0.4, 0.5) is 10.1 Å². The Bertz CT molecular complexity index is 1120. The van der Waals surface area contributed by atoms with Crippen molar-refractivity contribution >= 4 is 43.5 Å². The molecule has 3 rings (SSSR count). The summed E-state index contributed by atoms with van der Waals surface area (Å²) in [6.07, 6.45) is 5.30. The van der Waals surface area contributed by atoms with E-state index < -0.39 is 34.3 Å². The molecule has 2 amide bonds. The van der Waals surface area contributed by atoms with Crippen molar-refractivity contribution in [2.24, 2.45) is 0 Å². The Balaban J connectivity index is 1.90. The molecule has 0 bridgehead atoms. The quantitative estimate of drug-likeness (QED) is 0.465. The molecule has 0 aromatic heterocycles. The third-order valence-electron chi connectivity index (χ3n) is 6.15.